The average Bonchev–Trinajstić information content (AvgIpc) is 3.44. The first-order valence-electron chi connectivity index (χ1n) is 16.5. The first-order chi connectivity index (χ1) is 24.7. The highest BCUT2D eigenvalue weighted by molar-refractivity contribution is 14.1. The van der Waals surface area contributed by atoms with Crippen LogP contribution < -0.4 is 14.4 Å². The minimum atomic E-state index is -4.65. The number of rotatable bonds is 12. The lowest BCUT2D eigenvalue weighted by Gasteiger charge is -2.24. The summed E-state index contributed by atoms with van der Waals surface area (Å²) in [6.07, 6.45) is -3.09. The summed E-state index contributed by atoms with van der Waals surface area (Å²) < 4.78 is 113. The number of hydrogen-bond acceptors (Lipinski definition) is 7. The van der Waals surface area contributed by atoms with Crippen LogP contribution in [0.25, 0.3) is 22.2 Å². The molecular weight excluding hydrogens is 820 g/mol. The van der Waals surface area contributed by atoms with Gasteiger partial charge in [0.1, 0.15) is 21.9 Å². The Labute approximate surface area is 311 Å². The van der Waals surface area contributed by atoms with Gasteiger partial charge in [0.05, 0.1) is 35.0 Å². The van der Waals surface area contributed by atoms with Crippen LogP contribution in [0.4, 0.5) is 33.5 Å². The molecule has 1 unspecified atom stereocenters. The Morgan fingerprint density at radius 3 is 2.50 bits per heavy atom. The molecule has 0 spiro atoms. The van der Waals surface area contributed by atoms with Crippen LogP contribution in [0.1, 0.15) is 49.1 Å². The zero-order chi connectivity index (χ0) is 37.2. The van der Waals surface area contributed by atoms with Crippen molar-refractivity contribution >= 4 is 55.0 Å². The van der Waals surface area contributed by atoms with Crippen LogP contribution in [0.2, 0.25) is 0 Å². The smallest absolute Gasteiger partial charge is 0.393 e. The molecule has 276 valence electrons. The van der Waals surface area contributed by atoms with Crippen LogP contribution >= 0.6 is 22.6 Å². The van der Waals surface area contributed by atoms with Crippen molar-refractivity contribution in [1.29, 1.82) is 0 Å². The maximum absolute atomic E-state index is 15.7. The molecule has 1 aliphatic rings. The lowest BCUT2D eigenvalue weighted by molar-refractivity contribution is -0.127. The number of pyridine rings is 1. The van der Waals surface area contributed by atoms with E-state index in [1.54, 1.807) is 48.0 Å². The molecule has 5 aromatic rings. The topological polar surface area (TPSA) is 98.6 Å². The van der Waals surface area contributed by atoms with Gasteiger partial charge in [0.25, 0.3) is 0 Å². The molecule has 1 atom stereocenters. The number of nitrogens with zero attached hydrogens (tertiary/aromatic N) is 4. The molecule has 0 saturated carbocycles. The second-order valence-electron chi connectivity index (χ2n) is 12.4. The average molecular weight is 856 g/mol. The van der Waals surface area contributed by atoms with E-state index >= 15 is 4.39 Å². The van der Waals surface area contributed by atoms with Crippen molar-refractivity contribution in [3.8, 4) is 17.0 Å². The number of alkyl halides is 3. The van der Waals surface area contributed by atoms with Gasteiger partial charge in [-0.3, -0.25) is 4.31 Å². The van der Waals surface area contributed by atoms with E-state index in [-0.39, 0.29) is 59.3 Å². The predicted octanol–water partition coefficient (Wildman–Crippen LogP) is 8.76. The van der Waals surface area contributed by atoms with Crippen LogP contribution in [0.15, 0.2) is 66.7 Å². The molecule has 1 aliphatic heterocycles. The van der Waals surface area contributed by atoms with Crippen LogP contribution in [0.5, 0.6) is 5.75 Å². The second kappa shape index (κ2) is 15.5. The number of sulfonamides is 1. The Bertz CT molecular complexity index is 2180. The van der Waals surface area contributed by atoms with E-state index in [9.17, 15) is 26.0 Å². The minimum absolute atomic E-state index is 0.0157. The monoisotopic (exact) mass is 855 g/mol. The van der Waals surface area contributed by atoms with E-state index in [1.807, 2.05) is 22.6 Å². The van der Waals surface area contributed by atoms with Gasteiger partial charge in [-0.25, -0.2) is 26.9 Å². The van der Waals surface area contributed by atoms with Crippen LogP contribution in [-0.2, 0) is 34.3 Å². The largest absolute Gasteiger partial charge is 0.486 e. The second-order valence-corrected chi connectivity index (χ2v) is 15.3. The summed E-state index contributed by atoms with van der Waals surface area (Å²) in [4.78, 5) is 4.72. The first-order valence-corrected chi connectivity index (χ1v) is 19.4. The van der Waals surface area contributed by atoms with Gasteiger partial charge < -0.3 is 14.8 Å². The standard InChI is InChI=1S/C36H35F5IN5O4S/c1-3-46(52(2,48)49)29-13-12-25(37)15-24(29)20-43-35-33-30(47(45-34(33)42)32-11-7-8-14-50-32)18-28(44-35)26-17-27(38)31(16-23(26)19-36(39,40)41)51-21-22-9-5-4-6-10-22/h4-6,9-10,12-13,15-18,32H,3,7-8,11,14,19-21H2,1-2H3,(H,43,44). The van der Waals surface area contributed by atoms with Gasteiger partial charge in [-0.1, -0.05) is 30.3 Å². The van der Waals surface area contributed by atoms with Crippen molar-refractivity contribution in [2.24, 2.45) is 0 Å². The molecule has 9 nitrogen and oxygen atoms in total. The number of benzene rings is 3. The fraction of sp³-hybridized carbons (Fsp3) is 0.333. The molecule has 0 radical (unpaired) electrons. The number of ether oxygens (including phenoxy) is 2. The highest BCUT2D eigenvalue weighted by atomic mass is 127. The zero-order valence-corrected chi connectivity index (χ0v) is 31.2. The predicted molar refractivity (Wildman–Crippen MR) is 197 cm³/mol. The molecule has 1 saturated heterocycles. The van der Waals surface area contributed by atoms with E-state index in [0.717, 1.165) is 41.6 Å². The third kappa shape index (κ3) is 8.60. The van der Waals surface area contributed by atoms with E-state index in [1.165, 1.54) is 12.1 Å². The van der Waals surface area contributed by atoms with Crippen LogP contribution in [0.3, 0.4) is 0 Å². The molecule has 2 aromatic heterocycles. The van der Waals surface area contributed by atoms with E-state index < -0.39 is 40.5 Å². The summed E-state index contributed by atoms with van der Waals surface area (Å²) >= 11 is 2.03. The van der Waals surface area contributed by atoms with Gasteiger partial charge >= 0.3 is 6.18 Å². The number of anilines is 2. The zero-order valence-electron chi connectivity index (χ0n) is 28.2. The molecule has 0 amide bonds. The highest BCUT2D eigenvalue weighted by Gasteiger charge is 2.31. The van der Waals surface area contributed by atoms with Crippen LogP contribution in [0, 0.1) is 15.3 Å². The summed E-state index contributed by atoms with van der Waals surface area (Å²) in [5.74, 6) is -1.65. The fourth-order valence-corrected chi connectivity index (χ4v) is 8.03. The van der Waals surface area contributed by atoms with Gasteiger partial charge in [-0.05, 0) is 102 Å². The molecular formula is C36H35F5IN5O4S. The molecule has 1 fully saturated rings. The number of aromatic nitrogens is 3. The molecule has 3 aromatic carbocycles. The van der Waals surface area contributed by atoms with Crippen molar-refractivity contribution in [3.63, 3.8) is 0 Å². The molecule has 6 rings (SSSR count). The van der Waals surface area contributed by atoms with E-state index in [4.69, 9.17) is 19.6 Å². The maximum atomic E-state index is 15.7. The number of hydrogen-bond donors (Lipinski definition) is 1. The Morgan fingerprint density at radius 2 is 1.83 bits per heavy atom. The third-order valence-electron chi connectivity index (χ3n) is 8.58. The van der Waals surface area contributed by atoms with E-state index in [2.05, 4.69) is 5.32 Å². The molecule has 3 heterocycles. The number of halogens is 6. The van der Waals surface area contributed by atoms with Gasteiger partial charge in [-0.15, -0.1) is 0 Å². The van der Waals surface area contributed by atoms with Gasteiger partial charge in [0.15, 0.2) is 17.8 Å². The molecule has 0 aliphatic carbocycles. The lowest BCUT2D eigenvalue weighted by Crippen LogP contribution is -2.30. The highest BCUT2D eigenvalue weighted by Crippen LogP contribution is 2.39. The maximum Gasteiger partial charge on any atom is 0.393 e. The van der Waals surface area contributed by atoms with Gasteiger partial charge in [0, 0.05) is 25.3 Å². The van der Waals surface area contributed by atoms with Gasteiger partial charge in [0.2, 0.25) is 10.0 Å². The Morgan fingerprint density at radius 1 is 1.06 bits per heavy atom. The molecule has 52 heavy (non-hydrogen) atoms. The first kappa shape index (κ1) is 37.7. The van der Waals surface area contributed by atoms with Crippen molar-refractivity contribution in [2.45, 2.75) is 58.2 Å². The third-order valence-corrected chi connectivity index (χ3v) is 10.6. The van der Waals surface area contributed by atoms with Crippen molar-refractivity contribution in [1.82, 2.24) is 14.8 Å². The quantitative estimate of drug-likeness (QED) is 0.0991. The Kier molecular flexibility index (Phi) is 11.3. The molecule has 16 heteroatoms. The SMILES string of the molecule is CCN(c1ccc(F)cc1CNc1nc(-c2cc(F)c(OCc3ccccc3)cc2CC(F)(F)F)cc2c1c(I)nn2C1CCCCO1)S(C)(=O)=O. The van der Waals surface area contributed by atoms with Crippen molar-refractivity contribution in [3.05, 3.63) is 98.8 Å². The number of fused-ring (bicyclic) bond motifs is 1. The molecule has 1 N–H and O–H groups in total. The summed E-state index contributed by atoms with van der Waals surface area (Å²) in [5.41, 5.74) is 1.35. The van der Waals surface area contributed by atoms with Crippen molar-refractivity contribution in [2.75, 3.05) is 29.0 Å². The normalized spacial score (nSPS) is 15.2. The Hall–Kier alpha value is -4.03. The van der Waals surface area contributed by atoms with E-state index in [0.29, 0.717) is 33.2 Å². The Balaban J connectivity index is 1.48. The molecule has 0 bridgehead atoms. The van der Waals surface area contributed by atoms with Gasteiger partial charge in [-0.2, -0.15) is 18.3 Å². The lowest BCUT2D eigenvalue weighted by atomic mass is 9.99. The summed E-state index contributed by atoms with van der Waals surface area (Å²) in [6.45, 7) is 2.04. The minimum Gasteiger partial charge on any atom is -0.486 e. The van der Waals surface area contributed by atoms with Crippen molar-refractivity contribution < 1.29 is 39.8 Å². The number of nitrogens with one attached hydrogen (secondary N) is 1. The summed E-state index contributed by atoms with van der Waals surface area (Å²) in [7, 11) is -3.73. The van der Waals surface area contributed by atoms with Crippen LogP contribution in [-0.4, -0.2) is 48.8 Å². The summed E-state index contributed by atoms with van der Waals surface area (Å²) in [5, 5.41) is 8.38. The summed E-state index contributed by atoms with van der Waals surface area (Å²) in [6, 6.07) is 16.2. The fourth-order valence-electron chi connectivity index (χ4n) is 6.26.